The van der Waals surface area contributed by atoms with Crippen LogP contribution in [0.3, 0.4) is 0 Å². The first kappa shape index (κ1) is 22.3. The fourth-order valence-corrected chi connectivity index (χ4v) is 4.47. The Morgan fingerprint density at radius 3 is 2.62 bits per heavy atom. The second-order valence-electron chi connectivity index (χ2n) is 7.67. The smallest absolute Gasteiger partial charge is 0.344 e. The molecule has 0 saturated carbocycles. The molecule has 5 rings (SSSR count). The highest BCUT2D eigenvalue weighted by Gasteiger charge is 2.18. The SMILES string of the molecule is COc1ccc(OC)c(-c2cc3ccc(OCc4cc(Br)cc5c4OCOC5)cc3oc2=O)c1. The Labute approximate surface area is 203 Å². The van der Waals surface area contributed by atoms with E-state index >= 15 is 0 Å². The Morgan fingerprint density at radius 1 is 0.941 bits per heavy atom. The summed E-state index contributed by atoms with van der Waals surface area (Å²) in [5.74, 6) is 2.52. The summed E-state index contributed by atoms with van der Waals surface area (Å²) in [6.45, 7) is 0.989. The van der Waals surface area contributed by atoms with Crippen molar-refractivity contribution in [2.24, 2.45) is 0 Å². The predicted molar refractivity (Wildman–Crippen MR) is 130 cm³/mol. The van der Waals surface area contributed by atoms with Crippen molar-refractivity contribution in [3.8, 4) is 34.1 Å². The summed E-state index contributed by atoms with van der Waals surface area (Å²) in [5, 5.41) is 0.757. The maximum absolute atomic E-state index is 12.9. The van der Waals surface area contributed by atoms with E-state index in [0.717, 1.165) is 26.7 Å². The molecule has 3 aromatic carbocycles. The molecular formula is C26H21BrO7. The quantitative estimate of drug-likeness (QED) is 0.300. The van der Waals surface area contributed by atoms with E-state index in [1.165, 1.54) is 0 Å². The minimum Gasteiger partial charge on any atom is -0.497 e. The van der Waals surface area contributed by atoms with Crippen LogP contribution in [0.25, 0.3) is 22.1 Å². The lowest BCUT2D eigenvalue weighted by molar-refractivity contribution is -0.0176. The number of ether oxygens (including phenoxy) is 5. The van der Waals surface area contributed by atoms with Gasteiger partial charge in [0.25, 0.3) is 0 Å². The lowest BCUT2D eigenvalue weighted by Gasteiger charge is -2.21. The Bertz CT molecular complexity index is 1430. The molecule has 0 unspecified atom stereocenters. The second kappa shape index (κ2) is 9.40. The molecule has 0 aliphatic carbocycles. The fourth-order valence-electron chi connectivity index (χ4n) is 3.92. The molecule has 0 spiro atoms. The molecule has 0 bridgehead atoms. The Balaban J connectivity index is 1.45. The maximum Gasteiger partial charge on any atom is 0.344 e. The molecule has 1 aromatic heterocycles. The fraction of sp³-hybridized carbons (Fsp3) is 0.192. The molecule has 1 aliphatic rings. The average molecular weight is 525 g/mol. The molecule has 0 fully saturated rings. The standard InChI is InChI=1S/C26H21BrO7/c1-29-19-5-6-23(30-2)21(10-19)22-9-15-3-4-20(11-24(15)34-26(22)28)32-13-17-8-18(27)7-16-12-31-14-33-25(16)17/h3-11H,12-14H2,1-2H3. The van der Waals surface area contributed by atoms with E-state index in [1.807, 2.05) is 24.3 Å². The predicted octanol–water partition coefficient (Wildman–Crippen LogP) is 5.69. The number of methoxy groups -OCH3 is 2. The molecule has 0 atom stereocenters. The number of hydrogen-bond acceptors (Lipinski definition) is 7. The van der Waals surface area contributed by atoms with Crippen LogP contribution in [0.4, 0.5) is 0 Å². The number of hydrogen-bond donors (Lipinski definition) is 0. The van der Waals surface area contributed by atoms with Crippen molar-refractivity contribution in [3.05, 3.63) is 80.6 Å². The summed E-state index contributed by atoms with van der Waals surface area (Å²) in [6, 6.07) is 16.4. The van der Waals surface area contributed by atoms with Crippen molar-refractivity contribution in [1.82, 2.24) is 0 Å². The van der Waals surface area contributed by atoms with E-state index in [-0.39, 0.29) is 13.4 Å². The Hall–Kier alpha value is -3.49. The third-order valence-electron chi connectivity index (χ3n) is 5.55. The van der Waals surface area contributed by atoms with Crippen LogP contribution in [-0.2, 0) is 18.0 Å². The first-order valence-electron chi connectivity index (χ1n) is 10.5. The number of rotatable bonds is 6. The van der Waals surface area contributed by atoms with Gasteiger partial charge in [0.1, 0.15) is 35.2 Å². The van der Waals surface area contributed by atoms with Crippen LogP contribution < -0.4 is 24.6 Å². The van der Waals surface area contributed by atoms with Gasteiger partial charge in [0.2, 0.25) is 0 Å². The second-order valence-corrected chi connectivity index (χ2v) is 8.58. The summed E-state index contributed by atoms with van der Waals surface area (Å²) in [4.78, 5) is 12.9. The highest BCUT2D eigenvalue weighted by atomic mass is 79.9. The van der Waals surface area contributed by atoms with Crippen LogP contribution >= 0.6 is 15.9 Å². The normalized spacial score (nSPS) is 12.7. The molecule has 0 amide bonds. The third-order valence-corrected chi connectivity index (χ3v) is 6.01. The molecule has 174 valence electrons. The first-order chi connectivity index (χ1) is 16.6. The molecule has 34 heavy (non-hydrogen) atoms. The van der Waals surface area contributed by atoms with Gasteiger partial charge in [-0.2, -0.15) is 0 Å². The highest BCUT2D eigenvalue weighted by molar-refractivity contribution is 9.10. The van der Waals surface area contributed by atoms with Crippen LogP contribution in [0.2, 0.25) is 0 Å². The van der Waals surface area contributed by atoms with Gasteiger partial charge < -0.3 is 28.1 Å². The Morgan fingerprint density at radius 2 is 1.79 bits per heavy atom. The molecule has 0 N–H and O–H groups in total. The van der Waals surface area contributed by atoms with E-state index < -0.39 is 5.63 Å². The van der Waals surface area contributed by atoms with Crippen LogP contribution in [0.5, 0.6) is 23.0 Å². The molecule has 8 heteroatoms. The number of benzene rings is 3. The van der Waals surface area contributed by atoms with Crippen molar-refractivity contribution in [1.29, 1.82) is 0 Å². The van der Waals surface area contributed by atoms with E-state index in [4.69, 9.17) is 28.1 Å². The summed E-state index contributed by atoms with van der Waals surface area (Å²) in [6.07, 6.45) is 0. The van der Waals surface area contributed by atoms with Crippen LogP contribution in [-0.4, -0.2) is 21.0 Å². The molecule has 0 saturated heterocycles. The summed E-state index contributed by atoms with van der Waals surface area (Å²) in [5.41, 5.74) is 2.79. The molecule has 7 nitrogen and oxygen atoms in total. The first-order valence-corrected chi connectivity index (χ1v) is 11.3. The van der Waals surface area contributed by atoms with Crippen molar-refractivity contribution in [3.63, 3.8) is 0 Å². The molecule has 0 radical (unpaired) electrons. The minimum absolute atomic E-state index is 0.211. The number of fused-ring (bicyclic) bond motifs is 2. The van der Waals surface area contributed by atoms with Crippen molar-refractivity contribution >= 4 is 26.9 Å². The maximum atomic E-state index is 12.9. The van der Waals surface area contributed by atoms with Gasteiger partial charge in [0.05, 0.1) is 26.4 Å². The van der Waals surface area contributed by atoms with E-state index in [1.54, 1.807) is 44.6 Å². The zero-order valence-electron chi connectivity index (χ0n) is 18.6. The summed E-state index contributed by atoms with van der Waals surface area (Å²) < 4.78 is 34.3. The molecular weight excluding hydrogens is 504 g/mol. The molecule has 1 aliphatic heterocycles. The van der Waals surface area contributed by atoms with Gasteiger partial charge in [-0.05, 0) is 48.5 Å². The number of halogens is 1. The monoisotopic (exact) mass is 524 g/mol. The largest absolute Gasteiger partial charge is 0.497 e. The van der Waals surface area contributed by atoms with E-state index in [2.05, 4.69) is 15.9 Å². The van der Waals surface area contributed by atoms with Crippen molar-refractivity contribution in [2.75, 3.05) is 21.0 Å². The van der Waals surface area contributed by atoms with Crippen LogP contribution in [0.1, 0.15) is 11.1 Å². The summed E-state index contributed by atoms with van der Waals surface area (Å²) in [7, 11) is 3.12. The zero-order valence-corrected chi connectivity index (χ0v) is 20.1. The van der Waals surface area contributed by atoms with Gasteiger partial charge in [0, 0.05) is 32.6 Å². The molecule has 2 heterocycles. The highest BCUT2D eigenvalue weighted by Crippen LogP contribution is 2.35. The van der Waals surface area contributed by atoms with E-state index in [9.17, 15) is 4.79 Å². The van der Waals surface area contributed by atoms with Gasteiger partial charge in [-0.25, -0.2) is 4.79 Å². The van der Waals surface area contributed by atoms with Crippen LogP contribution in [0, 0.1) is 0 Å². The van der Waals surface area contributed by atoms with Crippen molar-refractivity contribution in [2.45, 2.75) is 13.2 Å². The van der Waals surface area contributed by atoms with Crippen LogP contribution in [0.15, 0.2) is 68.3 Å². The Kier molecular flexibility index (Phi) is 6.17. The zero-order chi connectivity index (χ0) is 23.7. The molecule has 4 aromatic rings. The van der Waals surface area contributed by atoms with Gasteiger partial charge >= 0.3 is 5.63 Å². The van der Waals surface area contributed by atoms with Gasteiger partial charge in [-0.15, -0.1) is 0 Å². The van der Waals surface area contributed by atoms with Crippen molar-refractivity contribution < 1.29 is 28.1 Å². The topological polar surface area (TPSA) is 76.4 Å². The van der Waals surface area contributed by atoms with E-state index in [0.29, 0.717) is 40.6 Å². The average Bonchev–Trinajstić information content (AvgIpc) is 2.86. The van der Waals surface area contributed by atoms with Gasteiger partial charge in [0.15, 0.2) is 6.79 Å². The minimum atomic E-state index is -0.481. The third kappa shape index (κ3) is 4.34. The lowest BCUT2D eigenvalue weighted by atomic mass is 10.0. The van der Waals surface area contributed by atoms with Gasteiger partial charge in [-0.1, -0.05) is 15.9 Å². The summed E-state index contributed by atoms with van der Waals surface area (Å²) >= 11 is 3.52. The lowest BCUT2D eigenvalue weighted by Crippen LogP contribution is -2.14. The van der Waals surface area contributed by atoms with Gasteiger partial charge in [-0.3, -0.25) is 0 Å².